The van der Waals surface area contributed by atoms with E-state index in [1.165, 1.54) is 0 Å². The van der Waals surface area contributed by atoms with Crippen LogP contribution in [-0.2, 0) is 14.6 Å². The molecular weight excluding hydrogens is 306 g/mol. The van der Waals surface area contributed by atoms with Gasteiger partial charge in [0.1, 0.15) is 0 Å². The lowest BCUT2D eigenvalue weighted by Gasteiger charge is -2.26. The van der Waals surface area contributed by atoms with E-state index in [-0.39, 0.29) is 17.5 Å². The highest BCUT2D eigenvalue weighted by Gasteiger charge is 2.33. The van der Waals surface area contributed by atoms with Gasteiger partial charge in [0.15, 0.2) is 15.7 Å². The molecule has 22 heavy (non-hydrogen) atoms. The van der Waals surface area contributed by atoms with E-state index in [0.717, 1.165) is 13.0 Å². The van der Waals surface area contributed by atoms with Crippen molar-refractivity contribution >= 4 is 21.6 Å². The number of aromatic nitrogens is 3. The first-order chi connectivity index (χ1) is 10.6. The van der Waals surface area contributed by atoms with E-state index in [1.54, 1.807) is 13.3 Å². The number of hydrogen-bond donors (Lipinski definition) is 1. The number of nitrogens with one attached hydrogen (secondary N) is 1. The van der Waals surface area contributed by atoms with Gasteiger partial charge < -0.3 is 15.0 Å². The van der Waals surface area contributed by atoms with Crippen LogP contribution < -0.4 is 10.2 Å². The fraction of sp³-hybridized carbons (Fsp3) is 0.769. The van der Waals surface area contributed by atoms with Gasteiger partial charge >= 0.3 is 0 Å². The lowest BCUT2D eigenvalue weighted by atomic mass is 10.2. The number of anilines is 2. The van der Waals surface area contributed by atoms with Crippen molar-refractivity contribution in [2.75, 3.05) is 48.5 Å². The summed E-state index contributed by atoms with van der Waals surface area (Å²) in [5.41, 5.74) is 0. The number of ether oxygens (including phenoxy) is 1. The van der Waals surface area contributed by atoms with Crippen LogP contribution in [0.15, 0.2) is 6.20 Å². The lowest BCUT2D eigenvalue weighted by molar-refractivity contribution is 0.197. The molecule has 2 heterocycles. The van der Waals surface area contributed by atoms with E-state index in [9.17, 15) is 8.42 Å². The summed E-state index contributed by atoms with van der Waals surface area (Å²) in [5.74, 6) is 1.51. The molecule has 1 aromatic heterocycles. The summed E-state index contributed by atoms with van der Waals surface area (Å²) in [7, 11) is -1.27. The fourth-order valence-corrected chi connectivity index (χ4v) is 4.25. The maximum atomic E-state index is 11.7. The Kier molecular flexibility index (Phi) is 5.90. The summed E-state index contributed by atoms with van der Waals surface area (Å²) in [4.78, 5) is 6.35. The molecule has 1 aromatic rings. The van der Waals surface area contributed by atoms with E-state index in [1.807, 2.05) is 11.8 Å². The van der Waals surface area contributed by atoms with Crippen molar-refractivity contribution < 1.29 is 13.2 Å². The molecular formula is C13H23N5O3S. The zero-order valence-corrected chi connectivity index (χ0v) is 13.8. The Balaban J connectivity index is 2.03. The van der Waals surface area contributed by atoms with Crippen molar-refractivity contribution in [3.63, 3.8) is 0 Å². The highest BCUT2D eigenvalue weighted by molar-refractivity contribution is 7.91. The summed E-state index contributed by atoms with van der Waals surface area (Å²) < 4.78 is 28.3. The Bertz CT molecular complexity index is 581. The first kappa shape index (κ1) is 16.9. The van der Waals surface area contributed by atoms with Gasteiger partial charge in [0.25, 0.3) is 0 Å². The average Bonchev–Trinajstić information content (AvgIpc) is 2.85. The second-order valence-electron chi connectivity index (χ2n) is 5.26. The van der Waals surface area contributed by atoms with Gasteiger partial charge in [-0.05, 0) is 19.8 Å². The second-order valence-corrected chi connectivity index (χ2v) is 7.49. The van der Waals surface area contributed by atoms with E-state index < -0.39 is 9.84 Å². The summed E-state index contributed by atoms with van der Waals surface area (Å²) >= 11 is 0. The molecule has 0 saturated carbocycles. The number of sulfone groups is 1. The Hall–Kier alpha value is -1.48. The number of hydrogen-bond acceptors (Lipinski definition) is 8. The zero-order chi connectivity index (χ0) is 16.0. The third kappa shape index (κ3) is 4.51. The fourth-order valence-electron chi connectivity index (χ4n) is 2.52. The summed E-state index contributed by atoms with van der Waals surface area (Å²) in [6.07, 6.45) is 3.05. The quantitative estimate of drug-likeness (QED) is 0.682. The molecule has 0 aromatic carbocycles. The minimum absolute atomic E-state index is 0.0689. The SMILES string of the molecule is CCN(c1nncc(NCCCOC)n1)C1CCS(=O)(=O)C1. The van der Waals surface area contributed by atoms with Gasteiger partial charge in [-0.25, -0.2) is 8.42 Å². The smallest absolute Gasteiger partial charge is 0.247 e. The molecule has 9 heteroatoms. The summed E-state index contributed by atoms with van der Waals surface area (Å²) in [5, 5.41) is 11.2. The molecule has 0 radical (unpaired) electrons. The summed E-state index contributed by atoms with van der Waals surface area (Å²) in [6.45, 7) is 4.03. The first-order valence-electron chi connectivity index (χ1n) is 7.45. The van der Waals surface area contributed by atoms with E-state index in [2.05, 4.69) is 20.5 Å². The van der Waals surface area contributed by atoms with Crippen LogP contribution in [0.4, 0.5) is 11.8 Å². The third-order valence-corrected chi connectivity index (χ3v) is 5.38. The first-order valence-corrected chi connectivity index (χ1v) is 9.27. The molecule has 0 bridgehead atoms. The standard InChI is InChI=1S/C13H23N5O3S/c1-3-18(11-5-8-22(19,20)10-11)13-16-12(9-15-17-13)14-6-4-7-21-2/h9,11H,3-8,10H2,1-2H3,(H,14,16,17). The van der Waals surface area contributed by atoms with Crippen molar-refractivity contribution in [2.45, 2.75) is 25.8 Å². The highest BCUT2D eigenvalue weighted by atomic mass is 32.2. The predicted octanol–water partition coefficient (Wildman–Crippen LogP) is 0.333. The van der Waals surface area contributed by atoms with Crippen molar-refractivity contribution in [1.29, 1.82) is 0 Å². The largest absolute Gasteiger partial charge is 0.385 e. The second kappa shape index (κ2) is 7.68. The van der Waals surface area contributed by atoms with Gasteiger partial charge in [-0.1, -0.05) is 0 Å². The maximum Gasteiger partial charge on any atom is 0.247 e. The minimum Gasteiger partial charge on any atom is -0.385 e. The predicted molar refractivity (Wildman–Crippen MR) is 84.9 cm³/mol. The van der Waals surface area contributed by atoms with Crippen LogP contribution in [0.25, 0.3) is 0 Å². The molecule has 1 atom stereocenters. The van der Waals surface area contributed by atoms with Crippen LogP contribution in [0.3, 0.4) is 0 Å². The molecule has 1 fully saturated rings. The van der Waals surface area contributed by atoms with E-state index in [0.29, 0.717) is 31.3 Å². The number of nitrogens with zero attached hydrogens (tertiary/aromatic N) is 4. The maximum absolute atomic E-state index is 11.7. The van der Waals surface area contributed by atoms with Crippen molar-refractivity contribution in [3.8, 4) is 0 Å². The Morgan fingerprint density at radius 2 is 2.32 bits per heavy atom. The molecule has 1 N–H and O–H groups in total. The monoisotopic (exact) mass is 329 g/mol. The van der Waals surface area contributed by atoms with Gasteiger partial charge in [-0.2, -0.15) is 10.1 Å². The van der Waals surface area contributed by atoms with Gasteiger partial charge in [0, 0.05) is 32.8 Å². The molecule has 1 saturated heterocycles. The van der Waals surface area contributed by atoms with E-state index >= 15 is 0 Å². The van der Waals surface area contributed by atoms with Gasteiger partial charge in [-0.3, -0.25) is 0 Å². The molecule has 0 aliphatic carbocycles. The molecule has 0 amide bonds. The van der Waals surface area contributed by atoms with Crippen LogP contribution in [0.1, 0.15) is 19.8 Å². The highest BCUT2D eigenvalue weighted by Crippen LogP contribution is 2.21. The molecule has 0 spiro atoms. The number of rotatable bonds is 8. The van der Waals surface area contributed by atoms with Crippen LogP contribution >= 0.6 is 0 Å². The van der Waals surface area contributed by atoms with Crippen molar-refractivity contribution in [3.05, 3.63) is 6.20 Å². The minimum atomic E-state index is -2.94. The Morgan fingerprint density at radius 1 is 1.50 bits per heavy atom. The van der Waals surface area contributed by atoms with Crippen LogP contribution in [0.2, 0.25) is 0 Å². The topological polar surface area (TPSA) is 97.3 Å². The van der Waals surface area contributed by atoms with Crippen molar-refractivity contribution in [2.24, 2.45) is 0 Å². The molecule has 1 unspecified atom stereocenters. The third-order valence-electron chi connectivity index (χ3n) is 3.63. The normalized spacial score (nSPS) is 20.0. The Labute approximate surface area is 131 Å². The van der Waals surface area contributed by atoms with Crippen LogP contribution in [-0.4, -0.2) is 68.0 Å². The summed E-state index contributed by atoms with van der Waals surface area (Å²) in [6, 6.07) is -0.0689. The molecule has 2 rings (SSSR count). The molecule has 1 aliphatic rings. The van der Waals surface area contributed by atoms with Crippen LogP contribution in [0.5, 0.6) is 0 Å². The number of methoxy groups -OCH3 is 1. The van der Waals surface area contributed by atoms with Crippen LogP contribution in [0, 0.1) is 0 Å². The van der Waals surface area contributed by atoms with Crippen molar-refractivity contribution in [1.82, 2.24) is 15.2 Å². The van der Waals surface area contributed by atoms with Gasteiger partial charge in [-0.15, -0.1) is 5.10 Å². The molecule has 1 aliphatic heterocycles. The van der Waals surface area contributed by atoms with Gasteiger partial charge in [0.05, 0.1) is 17.7 Å². The molecule has 8 nitrogen and oxygen atoms in total. The lowest BCUT2D eigenvalue weighted by Crippen LogP contribution is -2.37. The van der Waals surface area contributed by atoms with E-state index in [4.69, 9.17) is 4.74 Å². The Morgan fingerprint density at radius 3 is 2.95 bits per heavy atom. The van der Waals surface area contributed by atoms with Gasteiger partial charge in [0.2, 0.25) is 5.95 Å². The zero-order valence-electron chi connectivity index (χ0n) is 13.0. The molecule has 124 valence electrons. The average molecular weight is 329 g/mol.